The predicted octanol–water partition coefficient (Wildman–Crippen LogP) is 2.36. The topological polar surface area (TPSA) is 113 Å². The number of ether oxygens (including phenoxy) is 2. The number of hydrogen-bond acceptors (Lipinski definition) is 7. The number of rotatable bonds is 6. The van der Waals surface area contributed by atoms with Gasteiger partial charge in [0.1, 0.15) is 12.4 Å². The van der Waals surface area contributed by atoms with E-state index < -0.39 is 32.1 Å². The maximum Gasteiger partial charge on any atom is 0.279 e. The van der Waals surface area contributed by atoms with Crippen LogP contribution in [-0.4, -0.2) is 48.4 Å². The van der Waals surface area contributed by atoms with E-state index in [-0.39, 0.29) is 24.5 Å². The maximum absolute atomic E-state index is 13.0. The van der Waals surface area contributed by atoms with Crippen molar-refractivity contribution in [3.8, 4) is 5.75 Å². The Hall–Kier alpha value is -2.46. The number of amides is 1. The van der Waals surface area contributed by atoms with Gasteiger partial charge in [0.25, 0.3) is 5.91 Å². The zero-order chi connectivity index (χ0) is 21.0. The molecule has 2 atom stereocenters. The second-order valence-electron chi connectivity index (χ2n) is 6.87. The highest BCUT2D eigenvalue weighted by Crippen LogP contribution is 2.30. The van der Waals surface area contributed by atoms with Crippen LogP contribution in [0.1, 0.15) is 17.5 Å². The normalized spacial score (nSPS) is 19.6. The summed E-state index contributed by atoms with van der Waals surface area (Å²) in [7, 11) is -3.89. The number of sulfone groups is 1. The van der Waals surface area contributed by atoms with Crippen LogP contribution in [0.25, 0.3) is 0 Å². The Morgan fingerprint density at radius 2 is 1.86 bits per heavy atom. The van der Waals surface area contributed by atoms with E-state index in [9.17, 15) is 13.2 Å². The molecule has 0 aliphatic carbocycles. The van der Waals surface area contributed by atoms with Gasteiger partial charge < -0.3 is 9.47 Å². The largest absolute Gasteiger partial charge is 0.489 e. The lowest BCUT2D eigenvalue weighted by Gasteiger charge is -2.30. The van der Waals surface area contributed by atoms with Crippen LogP contribution in [-0.2, 0) is 26.0 Å². The van der Waals surface area contributed by atoms with E-state index in [0.29, 0.717) is 12.4 Å². The number of hydroxylamine groups is 2. The Morgan fingerprint density at radius 3 is 2.52 bits per heavy atom. The van der Waals surface area contributed by atoms with E-state index in [1.165, 1.54) is 12.1 Å². The molecule has 2 N–H and O–H groups in total. The molecule has 1 saturated heterocycles. The lowest BCUT2D eigenvalue weighted by atomic mass is 10.0. The van der Waals surface area contributed by atoms with Crippen LogP contribution in [0.15, 0.2) is 53.4 Å². The molecule has 156 valence electrons. The molecule has 8 nitrogen and oxygen atoms in total. The lowest BCUT2D eigenvalue weighted by molar-refractivity contribution is -0.289. The van der Waals surface area contributed by atoms with Crippen molar-refractivity contribution in [2.24, 2.45) is 5.92 Å². The molecule has 2 aromatic carbocycles. The third-order valence-electron chi connectivity index (χ3n) is 5.01. The Kier molecular flexibility index (Phi) is 6.53. The molecule has 9 heteroatoms. The van der Waals surface area contributed by atoms with E-state index >= 15 is 0 Å². The molecule has 2 unspecified atom stereocenters. The number of carbonyl (C=O) groups is 1. The van der Waals surface area contributed by atoms with Gasteiger partial charge >= 0.3 is 0 Å². The SMILES string of the molecule is Cc1ccccc1COc1ccc(S(=O)(=O)C2CCOCC2C(=O)N(O)O)cc1. The summed E-state index contributed by atoms with van der Waals surface area (Å²) >= 11 is 0. The first-order valence-corrected chi connectivity index (χ1v) is 10.7. The molecule has 0 spiro atoms. The molecule has 29 heavy (non-hydrogen) atoms. The molecule has 0 saturated carbocycles. The highest BCUT2D eigenvalue weighted by Gasteiger charge is 2.42. The van der Waals surface area contributed by atoms with Gasteiger partial charge in [0.2, 0.25) is 0 Å². The summed E-state index contributed by atoms with van der Waals surface area (Å²) in [4.78, 5) is 12.0. The summed E-state index contributed by atoms with van der Waals surface area (Å²) in [6, 6.07) is 13.8. The molecular formula is C20H23NO7S. The van der Waals surface area contributed by atoms with Gasteiger partial charge in [0.15, 0.2) is 9.84 Å². The zero-order valence-corrected chi connectivity index (χ0v) is 16.7. The monoisotopic (exact) mass is 421 g/mol. The van der Waals surface area contributed by atoms with Gasteiger partial charge in [-0.1, -0.05) is 29.5 Å². The second-order valence-corrected chi connectivity index (χ2v) is 9.03. The van der Waals surface area contributed by atoms with Crippen LogP contribution in [0.3, 0.4) is 0 Å². The minimum absolute atomic E-state index is 0.0351. The van der Waals surface area contributed by atoms with Crippen LogP contribution >= 0.6 is 0 Å². The maximum atomic E-state index is 13.0. The fraction of sp³-hybridized carbons (Fsp3) is 0.350. The van der Waals surface area contributed by atoms with Gasteiger partial charge in [-0.05, 0) is 48.7 Å². The summed E-state index contributed by atoms with van der Waals surface area (Å²) in [6.45, 7) is 2.32. The third-order valence-corrected chi connectivity index (χ3v) is 7.30. The van der Waals surface area contributed by atoms with Gasteiger partial charge in [0, 0.05) is 6.61 Å². The standard InChI is InChI=1S/C20H23NO7S/c1-14-4-2-3-5-15(14)12-28-16-6-8-17(9-7-16)29(25,26)19-10-11-27-13-18(19)20(22)21(23)24/h2-9,18-19,23-24H,10-13H2,1H3. The molecule has 3 rings (SSSR count). The quantitative estimate of drug-likeness (QED) is 0.544. The summed E-state index contributed by atoms with van der Waals surface area (Å²) < 4.78 is 37.0. The molecular weight excluding hydrogens is 398 g/mol. The van der Waals surface area contributed by atoms with Gasteiger partial charge in [-0.15, -0.1) is 0 Å². The van der Waals surface area contributed by atoms with Crippen molar-refractivity contribution in [3.05, 3.63) is 59.7 Å². The van der Waals surface area contributed by atoms with Crippen LogP contribution in [0, 0.1) is 12.8 Å². The highest BCUT2D eigenvalue weighted by atomic mass is 32.2. The first-order valence-electron chi connectivity index (χ1n) is 9.11. The van der Waals surface area contributed by atoms with Crippen molar-refractivity contribution in [1.82, 2.24) is 5.23 Å². The number of carbonyl (C=O) groups excluding carboxylic acids is 1. The van der Waals surface area contributed by atoms with Crippen LogP contribution < -0.4 is 4.74 Å². The minimum Gasteiger partial charge on any atom is -0.489 e. The molecule has 2 aromatic rings. The van der Waals surface area contributed by atoms with Gasteiger partial charge in [0.05, 0.1) is 22.7 Å². The molecule has 1 aliphatic heterocycles. The molecule has 1 aliphatic rings. The van der Waals surface area contributed by atoms with Crippen molar-refractivity contribution in [2.75, 3.05) is 13.2 Å². The molecule has 0 aromatic heterocycles. The van der Waals surface area contributed by atoms with Gasteiger partial charge in [-0.25, -0.2) is 8.42 Å². The number of nitrogens with zero attached hydrogens (tertiary/aromatic N) is 1. The van der Waals surface area contributed by atoms with Gasteiger partial charge in [-0.2, -0.15) is 0 Å². The van der Waals surface area contributed by atoms with Crippen molar-refractivity contribution < 1.29 is 33.1 Å². The number of benzene rings is 2. The average molecular weight is 421 g/mol. The average Bonchev–Trinajstić information content (AvgIpc) is 2.73. The van der Waals surface area contributed by atoms with Crippen molar-refractivity contribution in [3.63, 3.8) is 0 Å². The first-order chi connectivity index (χ1) is 13.8. The minimum atomic E-state index is -3.89. The molecule has 1 amide bonds. The lowest BCUT2D eigenvalue weighted by Crippen LogP contribution is -2.46. The summed E-state index contributed by atoms with van der Waals surface area (Å²) in [5.74, 6) is -1.79. The smallest absolute Gasteiger partial charge is 0.279 e. The van der Waals surface area contributed by atoms with Crippen LogP contribution in [0.5, 0.6) is 5.75 Å². The fourth-order valence-corrected chi connectivity index (χ4v) is 5.20. The van der Waals surface area contributed by atoms with E-state index in [0.717, 1.165) is 11.1 Å². The van der Waals surface area contributed by atoms with Gasteiger partial charge in [-0.3, -0.25) is 15.2 Å². The zero-order valence-electron chi connectivity index (χ0n) is 15.9. The Labute approximate surface area is 169 Å². The predicted molar refractivity (Wildman–Crippen MR) is 102 cm³/mol. The highest BCUT2D eigenvalue weighted by molar-refractivity contribution is 7.92. The molecule has 1 heterocycles. The molecule has 0 radical (unpaired) electrons. The number of aryl methyl sites for hydroxylation is 1. The Balaban J connectivity index is 1.75. The third kappa shape index (κ3) is 4.76. The van der Waals surface area contributed by atoms with E-state index in [2.05, 4.69) is 0 Å². The van der Waals surface area contributed by atoms with E-state index in [1.807, 2.05) is 31.2 Å². The summed E-state index contributed by atoms with van der Waals surface area (Å²) in [5, 5.41) is 16.3. The molecule has 1 fully saturated rings. The summed E-state index contributed by atoms with van der Waals surface area (Å²) in [5.41, 5.74) is 2.13. The fourth-order valence-electron chi connectivity index (χ4n) is 3.30. The van der Waals surface area contributed by atoms with Crippen molar-refractivity contribution in [2.45, 2.75) is 30.1 Å². The van der Waals surface area contributed by atoms with Crippen LogP contribution in [0.2, 0.25) is 0 Å². The Morgan fingerprint density at radius 1 is 1.17 bits per heavy atom. The number of hydrogen-bond donors (Lipinski definition) is 2. The van der Waals surface area contributed by atoms with Crippen LogP contribution in [0.4, 0.5) is 0 Å². The Bertz CT molecular complexity index is 957. The van der Waals surface area contributed by atoms with E-state index in [1.54, 1.807) is 12.1 Å². The van der Waals surface area contributed by atoms with E-state index in [4.69, 9.17) is 19.9 Å². The second kappa shape index (κ2) is 8.91. The molecule has 0 bridgehead atoms. The summed E-state index contributed by atoms with van der Waals surface area (Å²) in [6.07, 6.45) is 0.0815. The van der Waals surface area contributed by atoms with Crippen molar-refractivity contribution in [1.29, 1.82) is 0 Å². The first kappa shape index (κ1) is 21.3. The van der Waals surface area contributed by atoms with Crippen molar-refractivity contribution >= 4 is 15.7 Å².